The quantitative estimate of drug-likeness (QED) is 0.715. The molecule has 2 aromatic carbocycles. The number of nitrogens with zero attached hydrogens (tertiary/aromatic N) is 1. The number of hydrogen-bond acceptors (Lipinski definition) is 4. The summed E-state index contributed by atoms with van der Waals surface area (Å²) in [5, 5.41) is 8.21. The molecular formula is C18H18BrN2O3-. The van der Waals surface area contributed by atoms with Crippen LogP contribution in [-0.4, -0.2) is 37.3 Å². The van der Waals surface area contributed by atoms with Crippen LogP contribution in [0.1, 0.15) is 21.5 Å². The van der Waals surface area contributed by atoms with E-state index in [0.29, 0.717) is 29.4 Å². The van der Waals surface area contributed by atoms with Crippen LogP contribution in [0.2, 0.25) is 0 Å². The Labute approximate surface area is 151 Å². The lowest BCUT2D eigenvalue weighted by molar-refractivity contribution is -0.0000132. The summed E-state index contributed by atoms with van der Waals surface area (Å²) in [6, 6.07) is 12.9. The lowest BCUT2D eigenvalue weighted by atomic mass is 10.1. The van der Waals surface area contributed by atoms with Gasteiger partial charge in [-0.1, -0.05) is 24.3 Å². The number of carbonyl (C=O) groups excluding carboxylic acids is 1. The van der Waals surface area contributed by atoms with E-state index in [4.69, 9.17) is 14.9 Å². The molecule has 0 atom stereocenters. The molecule has 1 heterocycles. The molecule has 0 saturated carbocycles. The molecule has 0 radical (unpaired) electrons. The molecule has 5 nitrogen and oxygen atoms in total. The first-order valence-electron chi connectivity index (χ1n) is 7.31. The van der Waals surface area contributed by atoms with Crippen molar-refractivity contribution in [2.24, 2.45) is 0 Å². The summed E-state index contributed by atoms with van der Waals surface area (Å²) in [7, 11) is 3.10. The molecule has 0 aromatic heterocycles. The molecular weight excluding hydrogens is 372 g/mol. The van der Waals surface area contributed by atoms with Crippen LogP contribution in [-0.2, 0) is 6.54 Å². The Hall–Kier alpha value is -2.34. The Morgan fingerprint density at radius 2 is 1.83 bits per heavy atom. The molecule has 0 amide bonds. The molecule has 0 fully saturated rings. The smallest absolute Gasteiger partial charge is 0.182 e. The number of halogens is 1. The third kappa shape index (κ3) is 3.28. The van der Waals surface area contributed by atoms with Crippen molar-refractivity contribution < 1.29 is 31.2 Å². The number of ketones is 1. The molecule has 0 aliphatic carbocycles. The number of ether oxygens (including phenoxy) is 2. The third-order valence-electron chi connectivity index (χ3n) is 3.99. The zero-order chi connectivity index (χ0) is 16.4. The summed E-state index contributed by atoms with van der Waals surface area (Å²) < 4.78 is 10.4. The van der Waals surface area contributed by atoms with Gasteiger partial charge in [0, 0.05) is 17.7 Å². The average Bonchev–Trinajstić information content (AvgIpc) is 2.90. The van der Waals surface area contributed by atoms with Gasteiger partial charge in [0.1, 0.15) is 5.84 Å². The molecule has 0 bridgehead atoms. The first kappa shape index (κ1) is 18.0. The third-order valence-corrected chi connectivity index (χ3v) is 3.99. The normalized spacial score (nSPS) is 12.4. The van der Waals surface area contributed by atoms with E-state index in [-0.39, 0.29) is 29.3 Å². The average molecular weight is 390 g/mol. The molecule has 126 valence electrons. The van der Waals surface area contributed by atoms with Gasteiger partial charge in [0.25, 0.3) is 0 Å². The molecule has 0 unspecified atom stereocenters. The van der Waals surface area contributed by atoms with Crippen LogP contribution in [0, 0.1) is 5.41 Å². The van der Waals surface area contributed by atoms with Crippen molar-refractivity contribution in [2.75, 3.05) is 20.8 Å². The van der Waals surface area contributed by atoms with Crippen molar-refractivity contribution >= 4 is 11.6 Å². The highest BCUT2D eigenvalue weighted by molar-refractivity contribution is 6.05. The molecule has 6 heteroatoms. The van der Waals surface area contributed by atoms with Crippen LogP contribution in [0.4, 0.5) is 0 Å². The second-order valence-electron chi connectivity index (χ2n) is 5.35. The van der Waals surface area contributed by atoms with Crippen LogP contribution < -0.4 is 26.5 Å². The number of hydrogen-bond donors (Lipinski definition) is 1. The van der Waals surface area contributed by atoms with E-state index in [1.165, 1.54) is 0 Å². The van der Waals surface area contributed by atoms with Gasteiger partial charge in [0.05, 0.1) is 20.8 Å². The number of Topliss-reactive ketones (excluding diaryl/α,β-unsaturated/α-hetero) is 1. The Morgan fingerprint density at radius 1 is 1.12 bits per heavy atom. The summed E-state index contributed by atoms with van der Waals surface area (Å²) in [6.45, 7) is 0.761. The van der Waals surface area contributed by atoms with Crippen LogP contribution in [0.3, 0.4) is 0 Å². The van der Waals surface area contributed by atoms with Crippen molar-refractivity contribution in [1.29, 1.82) is 5.41 Å². The van der Waals surface area contributed by atoms with Gasteiger partial charge in [-0.3, -0.25) is 10.2 Å². The monoisotopic (exact) mass is 389 g/mol. The van der Waals surface area contributed by atoms with Crippen LogP contribution in [0.25, 0.3) is 0 Å². The standard InChI is InChI=1S/C18H18N2O3.BrH/c1-22-16-8-7-12(9-17(16)23-2)15(21)11-20-10-13-5-3-4-6-14(13)18(20)19;/h3-9,19H,10-11H2,1-2H3;1H/p-1. The first-order valence-corrected chi connectivity index (χ1v) is 7.31. The van der Waals surface area contributed by atoms with Crippen LogP contribution in [0.15, 0.2) is 42.5 Å². The molecule has 1 N–H and O–H groups in total. The topological polar surface area (TPSA) is 62.6 Å². The maximum absolute atomic E-state index is 12.5. The Bertz CT molecular complexity index is 777. The number of fused-ring (bicyclic) bond motifs is 1. The van der Waals surface area contributed by atoms with E-state index in [1.807, 2.05) is 24.3 Å². The first-order chi connectivity index (χ1) is 11.1. The van der Waals surface area contributed by atoms with E-state index in [2.05, 4.69) is 0 Å². The Morgan fingerprint density at radius 3 is 2.50 bits per heavy atom. The van der Waals surface area contributed by atoms with Crippen molar-refractivity contribution in [3.05, 3.63) is 59.2 Å². The number of carbonyl (C=O) groups is 1. The van der Waals surface area contributed by atoms with Gasteiger partial charge >= 0.3 is 0 Å². The molecule has 0 spiro atoms. The van der Waals surface area contributed by atoms with Crippen molar-refractivity contribution in [2.45, 2.75) is 6.54 Å². The summed E-state index contributed by atoms with van der Waals surface area (Å²) in [5.41, 5.74) is 2.52. The van der Waals surface area contributed by atoms with Crippen molar-refractivity contribution in [3.8, 4) is 11.5 Å². The fraction of sp³-hybridized carbons (Fsp3) is 0.222. The minimum Gasteiger partial charge on any atom is -1.00 e. The second-order valence-corrected chi connectivity index (χ2v) is 5.35. The van der Waals surface area contributed by atoms with Gasteiger partial charge < -0.3 is 31.4 Å². The van der Waals surface area contributed by atoms with E-state index >= 15 is 0 Å². The highest BCUT2D eigenvalue weighted by Gasteiger charge is 2.25. The number of nitrogens with one attached hydrogen (secondary N) is 1. The maximum atomic E-state index is 12.5. The number of amidine groups is 1. The van der Waals surface area contributed by atoms with Gasteiger partial charge in [0.15, 0.2) is 17.3 Å². The SMILES string of the molecule is COc1ccc(C(=O)CN2Cc3ccccc3C2=N)cc1OC.[Br-]. The zero-order valence-corrected chi connectivity index (χ0v) is 15.1. The fourth-order valence-corrected chi connectivity index (χ4v) is 2.75. The zero-order valence-electron chi connectivity index (χ0n) is 13.5. The van der Waals surface area contributed by atoms with Crippen LogP contribution >= 0.6 is 0 Å². The summed E-state index contributed by atoms with van der Waals surface area (Å²) in [6.07, 6.45) is 0. The second kappa shape index (κ2) is 7.49. The van der Waals surface area contributed by atoms with Crippen molar-refractivity contribution in [3.63, 3.8) is 0 Å². The highest BCUT2D eigenvalue weighted by Crippen LogP contribution is 2.28. The minimum absolute atomic E-state index is 0. The molecule has 1 aliphatic rings. The molecule has 0 saturated heterocycles. The predicted octanol–water partition coefficient (Wildman–Crippen LogP) is -0.268. The van der Waals surface area contributed by atoms with E-state index in [9.17, 15) is 4.79 Å². The largest absolute Gasteiger partial charge is 1.00 e. The number of methoxy groups -OCH3 is 2. The summed E-state index contributed by atoms with van der Waals surface area (Å²) in [4.78, 5) is 14.3. The van der Waals surface area contributed by atoms with E-state index in [0.717, 1.165) is 11.1 Å². The molecule has 2 aromatic rings. The van der Waals surface area contributed by atoms with Gasteiger partial charge in [-0.05, 0) is 23.8 Å². The molecule has 24 heavy (non-hydrogen) atoms. The molecule has 1 aliphatic heterocycles. The lowest BCUT2D eigenvalue weighted by Crippen LogP contribution is -3.00. The van der Waals surface area contributed by atoms with Gasteiger partial charge in [0.2, 0.25) is 0 Å². The minimum atomic E-state index is -0.0523. The Balaban J connectivity index is 0.00000208. The highest BCUT2D eigenvalue weighted by atomic mass is 79.9. The van der Waals surface area contributed by atoms with E-state index < -0.39 is 0 Å². The summed E-state index contributed by atoms with van der Waals surface area (Å²) >= 11 is 0. The summed E-state index contributed by atoms with van der Waals surface area (Å²) in [5.74, 6) is 1.46. The van der Waals surface area contributed by atoms with Gasteiger partial charge in [-0.2, -0.15) is 0 Å². The number of rotatable bonds is 5. The van der Waals surface area contributed by atoms with Gasteiger partial charge in [-0.25, -0.2) is 0 Å². The van der Waals surface area contributed by atoms with Gasteiger partial charge in [-0.15, -0.1) is 0 Å². The van der Waals surface area contributed by atoms with E-state index in [1.54, 1.807) is 37.3 Å². The lowest BCUT2D eigenvalue weighted by Gasteiger charge is -2.17. The maximum Gasteiger partial charge on any atom is 0.182 e. The van der Waals surface area contributed by atoms with Crippen molar-refractivity contribution in [1.82, 2.24) is 4.90 Å². The number of benzene rings is 2. The fourth-order valence-electron chi connectivity index (χ4n) is 2.75. The predicted molar refractivity (Wildman–Crippen MR) is 87.6 cm³/mol. The van der Waals surface area contributed by atoms with Crippen LogP contribution in [0.5, 0.6) is 11.5 Å². The Kier molecular flexibility index (Phi) is 5.62. The molecule has 3 rings (SSSR count).